The van der Waals surface area contributed by atoms with Crippen LogP contribution in [0.3, 0.4) is 0 Å². The summed E-state index contributed by atoms with van der Waals surface area (Å²) in [4.78, 5) is 0.208. The van der Waals surface area contributed by atoms with Crippen molar-refractivity contribution in [1.82, 2.24) is 0 Å². The Kier molecular flexibility index (Phi) is 3.17. The molecule has 15 heavy (non-hydrogen) atoms. The minimum Gasteiger partial charge on any atom is -0.188 e. The molecule has 1 nitrogen and oxygen atoms in total. The summed E-state index contributed by atoms with van der Waals surface area (Å²) >= 11 is 3.68. The number of hydrogen-bond acceptors (Lipinski definition) is 0. The maximum absolute atomic E-state index is 3.68. The Morgan fingerprint density at radius 1 is 1.00 bits per heavy atom. The van der Waals surface area contributed by atoms with Gasteiger partial charge >= 0.3 is 0 Å². The van der Waals surface area contributed by atoms with E-state index in [1.807, 2.05) is 18.2 Å². The fourth-order valence-electron chi connectivity index (χ4n) is 1.46. The first-order chi connectivity index (χ1) is 7.27. The van der Waals surface area contributed by atoms with Gasteiger partial charge in [0.25, 0.3) is 0 Å². The van der Waals surface area contributed by atoms with Gasteiger partial charge in [-0.25, -0.2) is 0 Å². The molecule has 0 aliphatic carbocycles. The molecule has 0 fully saturated rings. The van der Waals surface area contributed by atoms with E-state index in [0.717, 1.165) is 0 Å². The average Bonchev–Trinajstić information content (AvgIpc) is 2.30. The second-order valence-corrected chi connectivity index (χ2v) is 4.44. The van der Waals surface area contributed by atoms with Crippen LogP contribution in [-0.4, -0.2) is 0 Å². The molecule has 2 aromatic rings. The minimum absolute atomic E-state index is 0.208. The summed E-state index contributed by atoms with van der Waals surface area (Å²) < 4.78 is 2.13. The third-order valence-corrected chi connectivity index (χ3v) is 3.35. The monoisotopic (exact) mass is 262 g/mol. The molecular weight excluding hydrogens is 250 g/mol. The number of pyridine rings is 1. The molecule has 0 saturated heterocycles. The van der Waals surface area contributed by atoms with Gasteiger partial charge < -0.3 is 0 Å². The summed E-state index contributed by atoms with van der Waals surface area (Å²) in [5, 5.41) is 0. The predicted molar refractivity (Wildman–Crippen MR) is 64.9 cm³/mol. The van der Waals surface area contributed by atoms with Crippen molar-refractivity contribution in [2.45, 2.75) is 11.9 Å². The molecule has 0 aliphatic rings. The van der Waals surface area contributed by atoms with Crippen molar-refractivity contribution in [2.75, 3.05) is 0 Å². The lowest BCUT2D eigenvalue weighted by Crippen LogP contribution is -2.35. The van der Waals surface area contributed by atoms with E-state index >= 15 is 0 Å². The zero-order valence-electron chi connectivity index (χ0n) is 8.60. The highest BCUT2D eigenvalue weighted by Crippen LogP contribution is 2.18. The molecule has 0 spiro atoms. The van der Waals surface area contributed by atoms with Crippen molar-refractivity contribution in [3.63, 3.8) is 0 Å². The third kappa shape index (κ3) is 2.45. The standard InChI is InChI=1S/C13H13BrN/c1-11-5-7-12(8-6-11)13(14)15-9-3-2-4-10-15/h2-10,13H,1H3/q+1. The molecule has 0 radical (unpaired) electrons. The first kappa shape index (κ1) is 10.4. The van der Waals surface area contributed by atoms with E-state index in [-0.39, 0.29) is 4.95 Å². The van der Waals surface area contributed by atoms with Gasteiger partial charge in [0.15, 0.2) is 12.4 Å². The van der Waals surface area contributed by atoms with Crippen molar-refractivity contribution < 1.29 is 4.57 Å². The molecule has 0 N–H and O–H groups in total. The minimum atomic E-state index is 0.208. The molecule has 76 valence electrons. The van der Waals surface area contributed by atoms with Gasteiger partial charge in [-0.1, -0.05) is 35.9 Å². The number of benzene rings is 1. The van der Waals surface area contributed by atoms with E-state index in [1.54, 1.807) is 0 Å². The highest BCUT2D eigenvalue weighted by Gasteiger charge is 2.15. The van der Waals surface area contributed by atoms with Gasteiger partial charge in [-0.15, -0.1) is 0 Å². The summed E-state index contributed by atoms with van der Waals surface area (Å²) in [7, 11) is 0. The summed E-state index contributed by atoms with van der Waals surface area (Å²) in [5.74, 6) is 0. The lowest BCUT2D eigenvalue weighted by atomic mass is 10.1. The van der Waals surface area contributed by atoms with E-state index in [2.05, 4.69) is 64.1 Å². The van der Waals surface area contributed by atoms with E-state index in [9.17, 15) is 0 Å². The first-order valence-corrected chi connectivity index (χ1v) is 5.85. The molecule has 1 unspecified atom stereocenters. The van der Waals surface area contributed by atoms with Crippen LogP contribution in [0, 0.1) is 6.92 Å². The summed E-state index contributed by atoms with van der Waals surface area (Å²) in [6.45, 7) is 2.10. The van der Waals surface area contributed by atoms with Gasteiger partial charge in [-0.2, -0.15) is 4.57 Å². The molecule has 0 amide bonds. The number of rotatable bonds is 2. The number of aryl methyl sites for hydroxylation is 1. The fourth-order valence-corrected chi connectivity index (χ4v) is 2.04. The van der Waals surface area contributed by atoms with E-state index in [4.69, 9.17) is 0 Å². The highest BCUT2D eigenvalue weighted by atomic mass is 79.9. The Labute approximate surface area is 98.5 Å². The third-order valence-electron chi connectivity index (χ3n) is 2.35. The zero-order valence-corrected chi connectivity index (χ0v) is 10.2. The Morgan fingerprint density at radius 3 is 2.20 bits per heavy atom. The van der Waals surface area contributed by atoms with Gasteiger partial charge in [-0.05, 0) is 22.9 Å². The van der Waals surface area contributed by atoms with Gasteiger partial charge in [0.1, 0.15) is 0 Å². The zero-order chi connectivity index (χ0) is 10.7. The second-order valence-electron chi connectivity index (χ2n) is 3.57. The Balaban J connectivity index is 2.29. The van der Waals surface area contributed by atoms with Gasteiger partial charge in [0.2, 0.25) is 4.95 Å². The van der Waals surface area contributed by atoms with Crippen LogP contribution in [-0.2, 0) is 0 Å². The molecule has 2 rings (SSSR count). The van der Waals surface area contributed by atoms with Gasteiger partial charge in [0, 0.05) is 17.7 Å². The number of aromatic nitrogens is 1. The van der Waals surface area contributed by atoms with Crippen LogP contribution in [0.15, 0.2) is 54.9 Å². The Bertz CT molecular complexity index is 422. The largest absolute Gasteiger partial charge is 0.237 e. The fraction of sp³-hybridized carbons (Fsp3) is 0.154. The molecule has 1 aromatic carbocycles. The maximum atomic E-state index is 3.68. The van der Waals surface area contributed by atoms with Crippen molar-refractivity contribution in [1.29, 1.82) is 0 Å². The van der Waals surface area contributed by atoms with Crippen LogP contribution >= 0.6 is 15.9 Å². The molecule has 0 aliphatic heterocycles. The van der Waals surface area contributed by atoms with E-state index in [0.29, 0.717) is 0 Å². The van der Waals surface area contributed by atoms with Crippen LogP contribution in [0.25, 0.3) is 0 Å². The molecular formula is C13H13BrN+. The Morgan fingerprint density at radius 2 is 1.60 bits per heavy atom. The molecule has 0 bridgehead atoms. The number of hydrogen-bond donors (Lipinski definition) is 0. The van der Waals surface area contributed by atoms with Gasteiger partial charge in [0.05, 0.1) is 0 Å². The summed E-state index contributed by atoms with van der Waals surface area (Å²) in [6, 6.07) is 14.6. The molecule has 1 heterocycles. The molecule has 2 heteroatoms. The smallest absolute Gasteiger partial charge is 0.188 e. The van der Waals surface area contributed by atoms with Crippen molar-refractivity contribution in [3.05, 3.63) is 66.0 Å². The number of halogens is 1. The topological polar surface area (TPSA) is 3.88 Å². The Hall–Kier alpha value is -1.15. The van der Waals surface area contributed by atoms with Crippen LogP contribution in [0.2, 0.25) is 0 Å². The lowest BCUT2D eigenvalue weighted by Gasteiger charge is -2.05. The molecule has 0 saturated carbocycles. The number of alkyl halides is 1. The normalized spacial score (nSPS) is 12.4. The molecule has 1 atom stereocenters. The van der Waals surface area contributed by atoms with Crippen LogP contribution < -0.4 is 4.57 Å². The quantitative estimate of drug-likeness (QED) is 0.578. The maximum Gasteiger partial charge on any atom is 0.237 e. The number of nitrogens with zero attached hydrogens (tertiary/aromatic N) is 1. The van der Waals surface area contributed by atoms with Crippen molar-refractivity contribution in [3.8, 4) is 0 Å². The van der Waals surface area contributed by atoms with E-state index in [1.165, 1.54) is 11.1 Å². The highest BCUT2D eigenvalue weighted by molar-refractivity contribution is 9.09. The molecule has 1 aromatic heterocycles. The average molecular weight is 263 g/mol. The summed E-state index contributed by atoms with van der Waals surface area (Å²) in [5.41, 5.74) is 2.55. The first-order valence-electron chi connectivity index (χ1n) is 4.94. The van der Waals surface area contributed by atoms with Crippen LogP contribution in [0.5, 0.6) is 0 Å². The van der Waals surface area contributed by atoms with Crippen LogP contribution in [0.4, 0.5) is 0 Å². The lowest BCUT2D eigenvalue weighted by molar-refractivity contribution is -0.689. The summed E-state index contributed by atoms with van der Waals surface area (Å²) in [6.07, 6.45) is 4.11. The van der Waals surface area contributed by atoms with Crippen molar-refractivity contribution in [2.24, 2.45) is 0 Å². The second kappa shape index (κ2) is 4.58. The van der Waals surface area contributed by atoms with Gasteiger partial charge in [-0.3, -0.25) is 0 Å². The van der Waals surface area contributed by atoms with Crippen LogP contribution in [0.1, 0.15) is 16.1 Å². The van der Waals surface area contributed by atoms with E-state index < -0.39 is 0 Å². The predicted octanol–water partition coefficient (Wildman–Crippen LogP) is 3.22. The van der Waals surface area contributed by atoms with Crippen molar-refractivity contribution >= 4 is 15.9 Å². The SMILES string of the molecule is Cc1ccc(C(Br)[n+]2ccccc2)cc1.